The lowest BCUT2D eigenvalue weighted by molar-refractivity contribution is -0.127. The van der Waals surface area contributed by atoms with Crippen LogP contribution in [0.15, 0.2) is 60.7 Å². The normalized spacial score (nSPS) is 17.9. The van der Waals surface area contributed by atoms with Crippen molar-refractivity contribution in [1.82, 2.24) is 10.2 Å². The zero-order valence-electron chi connectivity index (χ0n) is 18.8. The molecule has 0 spiro atoms. The Kier molecular flexibility index (Phi) is 5.47. The molecule has 3 aliphatic heterocycles. The van der Waals surface area contributed by atoms with Crippen LogP contribution in [0.25, 0.3) is 0 Å². The van der Waals surface area contributed by atoms with E-state index in [0.717, 1.165) is 47.1 Å². The topological polar surface area (TPSA) is 69.3 Å². The van der Waals surface area contributed by atoms with E-state index in [1.165, 1.54) is 11.1 Å². The van der Waals surface area contributed by atoms with Crippen LogP contribution in [0.4, 0.5) is 0 Å². The van der Waals surface area contributed by atoms with Gasteiger partial charge in [0.25, 0.3) is 0 Å². The Morgan fingerprint density at radius 2 is 1.47 bits per heavy atom. The first kappa shape index (κ1) is 20.9. The molecule has 0 bridgehead atoms. The number of rotatable bonds is 6. The predicted molar refractivity (Wildman–Crippen MR) is 125 cm³/mol. The van der Waals surface area contributed by atoms with Crippen molar-refractivity contribution in [1.29, 1.82) is 0 Å². The highest BCUT2D eigenvalue weighted by Gasteiger charge is 2.31. The largest absolute Gasteiger partial charge is 0.454 e. The zero-order valence-corrected chi connectivity index (χ0v) is 18.8. The van der Waals surface area contributed by atoms with Crippen LogP contribution in [-0.4, -0.2) is 37.0 Å². The van der Waals surface area contributed by atoms with Gasteiger partial charge >= 0.3 is 0 Å². The molecular formula is C27H26N2O5. The van der Waals surface area contributed by atoms with Gasteiger partial charge in [-0.25, -0.2) is 0 Å². The quantitative estimate of drug-likeness (QED) is 0.611. The van der Waals surface area contributed by atoms with Gasteiger partial charge in [-0.1, -0.05) is 36.4 Å². The first-order valence-electron chi connectivity index (χ1n) is 11.6. The van der Waals surface area contributed by atoms with Crippen molar-refractivity contribution in [3.63, 3.8) is 0 Å². The monoisotopic (exact) mass is 458 g/mol. The molecule has 34 heavy (non-hydrogen) atoms. The predicted octanol–water partition coefficient (Wildman–Crippen LogP) is 3.43. The summed E-state index contributed by atoms with van der Waals surface area (Å²) < 4.78 is 21.8. The van der Waals surface area contributed by atoms with Crippen LogP contribution in [0.5, 0.6) is 23.0 Å². The maximum Gasteiger partial charge on any atom is 0.237 e. The number of fused-ring (bicyclic) bond motifs is 3. The third-order valence-electron chi connectivity index (χ3n) is 6.62. The van der Waals surface area contributed by atoms with Crippen molar-refractivity contribution in [2.24, 2.45) is 0 Å². The van der Waals surface area contributed by atoms with Gasteiger partial charge in [0.15, 0.2) is 23.0 Å². The lowest BCUT2D eigenvalue weighted by atomic mass is 9.93. The van der Waals surface area contributed by atoms with E-state index >= 15 is 0 Å². The van der Waals surface area contributed by atoms with E-state index in [-0.39, 0.29) is 25.5 Å². The van der Waals surface area contributed by atoms with Crippen LogP contribution in [0.1, 0.15) is 22.3 Å². The molecule has 0 saturated heterocycles. The minimum absolute atomic E-state index is 0.0518. The van der Waals surface area contributed by atoms with Gasteiger partial charge in [-0.2, -0.15) is 0 Å². The van der Waals surface area contributed by atoms with Crippen molar-refractivity contribution < 1.29 is 23.7 Å². The fourth-order valence-corrected chi connectivity index (χ4v) is 4.82. The number of carbonyl (C=O) groups is 1. The Morgan fingerprint density at radius 1 is 0.824 bits per heavy atom. The van der Waals surface area contributed by atoms with Crippen LogP contribution in [0.2, 0.25) is 0 Å². The molecule has 6 rings (SSSR count). The van der Waals surface area contributed by atoms with E-state index in [1.54, 1.807) is 0 Å². The second-order valence-electron chi connectivity index (χ2n) is 8.81. The molecule has 3 aromatic carbocycles. The molecule has 0 aliphatic carbocycles. The van der Waals surface area contributed by atoms with Gasteiger partial charge in [0.2, 0.25) is 19.5 Å². The molecule has 7 nitrogen and oxygen atoms in total. The summed E-state index contributed by atoms with van der Waals surface area (Å²) in [6.45, 7) is 2.47. The summed E-state index contributed by atoms with van der Waals surface area (Å²) in [5.41, 5.74) is 4.71. The van der Waals surface area contributed by atoms with Gasteiger partial charge in [0.1, 0.15) is 0 Å². The van der Waals surface area contributed by atoms with Gasteiger partial charge in [0, 0.05) is 19.6 Å². The Labute approximate surface area is 198 Å². The van der Waals surface area contributed by atoms with Gasteiger partial charge in [-0.15, -0.1) is 0 Å². The molecule has 1 N–H and O–H groups in total. The molecular weight excluding hydrogens is 432 g/mol. The highest BCUT2D eigenvalue weighted by Crippen LogP contribution is 2.34. The second kappa shape index (κ2) is 8.91. The molecule has 0 aromatic heterocycles. The standard InChI is InChI=1S/C27H26N2O5/c30-27(28-10-9-18-5-7-23-25(11-18)33-16-31-23)22-13-20-3-1-2-4-21(20)15-29(22)14-19-6-8-24-26(12-19)34-17-32-24/h1-8,11-12,22H,9-10,13-17H2,(H,28,30). The second-order valence-corrected chi connectivity index (χ2v) is 8.81. The number of benzene rings is 3. The van der Waals surface area contributed by atoms with E-state index in [4.69, 9.17) is 18.9 Å². The third kappa shape index (κ3) is 4.15. The van der Waals surface area contributed by atoms with Crippen molar-refractivity contribution in [2.45, 2.75) is 32.0 Å². The fraction of sp³-hybridized carbons (Fsp3) is 0.296. The Bertz CT molecular complexity index is 1230. The summed E-state index contributed by atoms with van der Waals surface area (Å²) in [5, 5.41) is 3.16. The summed E-state index contributed by atoms with van der Waals surface area (Å²) in [6.07, 6.45) is 1.42. The van der Waals surface area contributed by atoms with E-state index in [9.17, 15) is 4.79 Å². The summed E-state index contributed by atoms with van der Waals surface area (Å²) in [7, 11) is 0. The van der Waals surface area contributed by atoms with E-state index in [1.807, 2.05) is 42.5 Å². The molecule has 1 amide bonds. The van der Waals surface area contributed by atoms with E-state index < -0.39 is 0 Å². The number of nitrogens with zero attached hydrogens (tertiary/aromatic N) is 1. The smallest absolute Gasteiger partial charge is 0.237 e. The van der Waals surface area contributed by atoms with Crippen LogP contribution < -0.4 is 24.3 Å². The number of nitrogens with one attached hydrogen (secondary N) is 1. The number of hydrogen-bond donors (Lipinski definition) is 1. The molecule has 3 aromatic rings. The van der Waals surface area contributed by atoms with Crippen LogP contribution in [-0.2, 0) is 30.7 Å². The number of hydrogen-bond acceptors (Lipinski definition) is 6. The number of ether oxygens (including phenoxy) is 4. The molecule has 0 fully saturated rings. The van der Waals surface area contributed by atoms with Gasteiger partial charge < -0.3 is 24.3 Å². The summed E-state index contributed by atoms with van der Waals surface area (Å²) in [4.78, 5) is 15.6. The zero-order chi connectivity index (χ0) is 22.9. The summed E-state index contributed by atoms with van der Waals surface area (Å²) in [6, 6.07) is 20.1. The van der Waals surface area contributed by atoms with E-state index in [2.05, 4.69) is 28.4 Å². The minimum Gasteiger partial charge on any atom is -0.454 e. The molecule has 3 heterocycles. The van der Waals surface area contributed by atoms with Crippen LogP contribution in [0, 0.1) is 0 Å². The average molecular weight is 459 g/mol. The maximum absolute atomic E-state index is 13.3. The summed E-state index contributed by atoms with van der Waals surface area (Å²) in [5.74, 6) is 3.12. The van der Waals surface area contributed by atoms with E-state index in [0.29, 0.717) is 19.5 Å². The molecule has 1 unspecified atom stereocenters. The van der Waals surface area contributed by atoms with Crippen LogP contribution >= 0.6 is 0 Å². The number of carbonyl (C=O) groups excluding carboxylic acids is 1. The van der Waals surface area contributed by atoms with Crippen molar-refractivity contribution in [2.75, 3.05) is 20.1 Å². The van der Waals surface area contributed by atoms with Gasteiger partial charge in [0.05, 0.1) is 6.04 Å². The maximum atomic E-state index is 13.3. The average Bonchev–Trinajstić information content (AvgIpc) is 3.52. The highest BCUT2D eigenvalue weighted by atomic mass is 16.7. The molecule has 1 atom stereocenters. The first-order valence-corrected chi connectivity index (χ1v) is 11.6. The van der Waals surface area contributed by atoms with Gasteiger partial charge in [-0.05, 0) is 59.4 Å². The van der Waals surface area contributed by atoms with Gasteiger partial charge in [-0.3, -0.25) is 9.69 Å². The molecule has 0 radical (unpaired) electrons. The highest BCUT2D eigenvalue weighted by molar-refractivity contribution is 5.82. The SMILES string of the molecule is O=C(NCCc1ccc2c(c1)OCO2)C1Cc2ccccc2CN1Cc1ccc2c(c1)OCO2. The lowest BCUT2D eigenvalue weighted by Crippen LogP contribution is -2.50. The molecule has 7 heteroatoms. The van der Waals surface area contributed by atoms with Crippen molar-refractivity contribution in [3.05, 3.63) is 82.9 Å². The Hall–Kier alpha value is -3.71. The van der Waals surface area contributed by atoms with Crippen LogP contribution in [0.3, 0.4) is 0 Å². The molecule has 174 valence electrons. The molecule has 0 saturated carbocycles. The first-order chi connectivity index (χ1) is 16.7. The minimum atomic E-state index is -0.239. The van der Waals surface area contributed by atoms with Crippen molar-refractivity contribution >= 4 is 5.91 Å². The Morgan fingerprint density at radius 3 is 2.24 bits per heavy atom. The number of amides is 1. The summed E-state index contributed by atoms with van der Waals surface area (Å²) >= 11 is 0. The van der Waals surface area contributed by atoms with Crippen molar-refractivity contribution in [3.8, 4) is 23.0 Å². The lowest BCUT2D eigenvalue weighted by Gasteiger charge is -2.36. The molecule has 3 aliphatic rings. The Balaban J connectivity index is 1.15. The third-order valence-corrected chi connectivity index (χ3v) is 6.62. The fourth-order valence-electron chi connectivity index (χ4n) is 4.82.